The van der Waals surface area contributed by atoms with Crippen molar-refractivity contribution in [2.75, 3.05) is 32.7 Å². The fraction of sp³-hybridized carbons (Fsp3) is 0.765. The first-order valence-corrected chi connectivity index (χ1v) is 8.93. The first kappa shape index (κ1) is 16.3. The lowest BCUT2D eigenvalue weighted by molar-refractivity contribution is 0.131. The molecule has 0 unspecified atom stereocenters. The first-order valence-electron chi connectivity index (χ1n) is 8.93. The van der Waals surface area contributed by atoms with Crippen LogP contribution in [0.5, 0.6) is 0 Å². The third kappa shape index (κ3) is 3.86. The molecule has 2 fully saturated rings. The molecule has 2 saturated heterocycles. The Morgan fingerprint density at radius 1 is 1.22 bits per heavy atom. The molecule has 1 amide bonds. The van der Waals surface area contributed by atoms with Gasteiger partial charge in [-0.3, -0.25) is 0 Å². The molecule has 3 rings (SSSR count). The number of hydrogen-bond acceptors (Lipinski definition) is 3. The highest BCUT2D eigenvalue weighted by molar-refractivity contribution is 5.65. The number of rotatable bonds is 5. The predicted octanol–water partition coefficient (Wildman–Crippen LogP) is 2.40. The molecule has 3 heterocycles. The second kappa shape index (κ2) is 7.34. The van der Waals surface area contributed by atoms with Gasteiger partial charge in [-0.15, -0.1) is 0 Å². The van der Waals surface area contributed by atoms with E-state index in [1.54, 1.807) is 0 Å². The van der Waals surface area contributed by atoms with Crippen molar-refractivity contribution in [3.8, 4) is 0 Å². The van der Waals surface area contributed by atoms with Crippen molar-refractivity contribution in [3.63, 3.8) is 0 Å². The Hall–Kier alpha value is -1.56. The molecule has 2 aliphatic rings. The van der Waals surface area contributed by atoms with Crippen molar-refractivity contribution in [2.45, 2.75) is 51.5 Å². The van der Waals surface area contributed by atoms with Crippen LogP contribution in [0.4, 0.5) is 4.79 Å². The van der Waals surface area contributed by atoms with Crippen LogP contribution < -0.4 is 0 Å². The van der Waals surface area contributed by atoms with Gasteiger partial charge in [-0.2, -0.15) is 0 Å². The van der Waals surface area contributed by atoms with Gasteiger partial charge in [0.15, 0.2) is 0 Å². The van der Waals surface area contributed by atoms with Crippen molar-refractivity contribution >= 4 is 6.09 Å². The maximum Gasteiger partial charge on any atom is 0.407 e. The topological polar surface area (TPSA) is 61.6 Å². The molecule has 128 valence electrons. The van der Waals surface area contributed by atoms with E-state index in [4.69, 9.17) is 10.1 Å². The molecule has 0 radical (unpaired) electrons. The summed E-state index contributed by atoms with van der Waals surface area (Å²) in [5, 5.41) is 9.10. The zero-order chi connectivity index (χ0) is 16.2. The van der Waals surface area contributed by atoms with Gasteiger partial charge in [0.1, 0.15) is 5.82 Å². The molecule has 1 aromatic rings. The minimum Gasteiger partial charge on any atom is -0.465 e. The summed E-state index contributed by atoms with van der Waals surface area (Å²) < 4.78 is 2.33. The average Bonchev–Trinajstić information content (AvgIpc) is 3.22. The number of carbonyl (C=O) groups is 1. The van der Waals surface area contributed by atoms with Gasteiger partial charge in [0.25, 0.3) is 0 Å². The SMILES string of the molecule is CCc1cn(CCN2CCCC2)c(C2CCN(C(=O)O)CC2)n1. The van der Waals surface area contributed by atoms with Crippen LogP contribution in [-0.4, -0.2) is 63.3 Å². The van der Waals surface area contributed by atoms with Crippen molar-refractivity contribution in [1.82, 2.24) is 19.4 Å². The van der Waals surface area contributed by atoms with Crippen LogP contribution >= 0.6 is 0 Å². The monoisotopic (exact) mass is 320 g/mol. The largest absolute Gasteiger partial charge is 0.465 e. The Balaban J connectivity index is 1.65. The molecule has 0 spiro atoms. The van der Waals surface area contributed by atoms with Crippen molar-refractivity contribution in [2.24, 2.45) is 0 Å². The fourth-order valence-corrected chi connectivity index (χ4v) is 3.75. The van der Waals surface area contributed by atoms with Crippen molar-refractivity contribution < 1.29 is 9.90 Å². The zero-order valence-electron chi connectivity index (χ0n) is 14.1. The summed E-state index contributed by atoms with van der Waals surface area (Å²) >= 11 is 0. The lowest BCUT2D eigenvalue weighted by atomic mass is 9.96. The second-order valence-electron chi connectivity index (χ2n) is 6.73. The normalized spacial score (nSPS) is 20.3. The molecule has 0 bridgehead atoms. The molecule has 0 aromatic carbocycles. The number of amides is 1. The van der Waals surface area contributed by atoms with Gasteiger partial charge in [-0.1, -0.05) is 6.92 Å². The standard InChI is InChI=1S/C17H28N4O2/c1-2-15-13-21(12-11-19-7-3-4-8-19)16(18-15)14-5-9-20(10-6-14)17(22)23/h13-14H,2-12H2,1H3,(H,22,23). The molecule has 0 saturated carbocycles. The maximum absolute atomic E-state index is 11.1. The van der Waals surface area contributed by atoms with Crippen LogP contribution in [0.25, 0.3) is 0 Å². The van der Waals surface area contributed by atoms with E-state index in [0.717, 1.165) is 38.0 Å². The smallest absolute Gasteiger partial charge is 0.407 e. The lowest BCUT2D eigenvalue weighted by Crippen LogP contribution is -2.37. The number of piperidine rings is 1. The van der Waals surface area contributed by atoms with Crippen LogP contribution in [0.15, 0.2) is 6.20 Å². The Bertz CT molecular complexity index is 529. The van der Waals surface area contributed by atoms with Crippen LogP contribution in [0.3, 0.4) is 0 Å². The van der Waals surface area contributed by atoms with E-state index < -0.39 is 6.09 Å². The van der Waals surface area contributed by atoms with Gasteiger partial charge < -0.3 is 19.5 Å². The number of likely N-dealkylation sites (tertiary alicyclic amines) is 2. The van der Waals surface area contributed by atoms with E-state index in [9.17, 15) is 4.79 Å². The Labute approximate surface area is 138 Å². The van der Waals surface area contributed by atoms with Crippen molar-refractivity contribution in [3.05, 3.63) is 17.7 Å². The van der Waals surface area contributed by atoms with E-state index in [1.165, 1.54) is 36.7 Å². The molecule has 1 aromatic heterocycles. The maximum atomic E-state index is 11.1. The predicted molar refractivity (Wildman–Crippen MR) is 88.9 cm³/mol. The molecular weight excluding hydrogens is 292 g/mol. The van der Waals surface area contributed by atoms with Gasteiger partial charge in [0.05, 0.1) is 5.69 Å². The molecule has 6 nitrogen and oxygen atoms in total. The van der Waals surface area contributed by atoms with Crippen LogP contribution in [0, 0.1) is 0 Å². The summed E-state index contributed by atoms with van der Waals surface area (Å²) in [5.74, 6) is 1.57. The summed E-state index contributed by atoms with van der Waals surface area (Å²) in [6.07, 6.45) is 6.78. The lowest BCUT2D eigenvalue weighted by Gasteiger charge is -2.30. The van der Waals surface area contributed by atoms with E-state index in [1.807, 2.05) is 0 Å². The van der Waals surface area contributed by atoms with E-state index in [2.05, 4.69) is 22.6 Å². The molecule has 23 heavy (non-hydrogen) atoms. The number of aryl methyl sites for hydroxylation is 1. The third-order valence-corrected chi connectivity index (χ3v) is 5.21. The van der Waals surface area contributed by atoms with E-state index >= 15 is 0 Å². The highest BCUT2D eigenvalue weighted by atomic mass is 16.4. The van der Waals surface area contributed by atoms with E-state index in [0.29, 0.717) is 19.0 Å². The zero-order valence-corrected chi connectivity index (χ0v) is 14.1. The van der Waals surface area contributed by atoms with Crippen LogP contribution in [0.2, 0.25) is 0 Å². The van der Waals surface area contributed by atoms with Crippen LogP contribution in [-0.2, 0) is 13.0 Å². The highest BCUT2D eigenvalue weighted by Crippen LogP contribution is 2.28. The number of imidazole rings is 1. The highest BCUT2D eigenvalue weighted by Gasteiger charge is 2.27. The Morgan fingerprint density at radius 2 is 1.91 bits per heavy atom. The minimum atomic E-state index is -0.796. The van der Waals surface area contributed by atoms with Gasteiger partial charge >= 0.3 is 6.09 Å². The second-order valence-corrected chi connectivity index (χ2v) is 6.73. The van der Waals surface area contributed by atoms with Gasteiger partial charge in [-0.25, -0.2) is 9.78 Å². The molecule has 1 N–H and O–H groups in total. The summed E-state index contributed by atoms with van der Waals surface area (Å²) in [4.78, 5) is 20.0. The van der Waals surface area contributed by atoms with Gasteiger partial charge in [0.2, 0.25) is 0 Å². The minimum absolute atomic E-state index is 0.393. The fourth-order valence-electron chi connectivity index (χ4n) is 3.75. The van der Waals surface area contributed by atoms with Gasteiger partial charge in [0, 0.05) is 38.3 Å². The number of nitrogens with zero attached hydrogens (tertiary/aromatic N) is 4. The summed E-state index contributed by atoms with van der Waals surface area (Å²) in [7, 11) is 0. The van der Waals surface area contributed by atoms with Crippen LogP contribution in [0.1, 0.15) is 50.0 Å². The quantitative estimate of drug-likeness (QED) is 0.905. The Kier molecular flexibility index (Phi) is 5.20. The van der Waals surface area contributed by atoms with Crippen molar-refractivity contribution in [1.29, 1.82) is 0 Å². The molecule has 0 aliphatic carbocycles. The molecule has 6 heteroatoms. The molecule has 0 atom stereocenters. The Morgan fingerprint density at radius 3 is 2.52 bits per heavy atom. The summed E-state index contributed by atoms with van der Waals surface area (Å²) in [6, 6.07) is 0. The summed E-state index contributed by atoms with van der Waals surface area (Å²) in [5.41, 5.74) is 1.15. The number of hydrogen-bond donors (Lipinski definition) is 1. The van der Waals surface area contributed by atoms with Gasteiger partial charge in [-0.05, 0) is 45.2 Å². The third-order valence-electron chi connectivity index (χ3n) is 5.21. The van der Waals surface area contributed by atoms with E-state index in [-0.39, 0.29) is 0 Å². The summed E-state index contributed by atoms with van der Waals surface area (Å²) in [6.45, 7) is 7.94. The average molecular weight is 320 g/mol. The first-order chi connectivity index (χ1) is 11.2. The molecule has 2 aliphatic heterocycles. The molecular formula is C17H28N4O2. The number of aromatic nitrogens is 2. The number of carboxylic acid groups (broad SMARTS) is 1.